The minimum Gasteiger partial charge on any atom is -0.408 e. The first kappa shape index (κ1) is 24.2. The summed E-state index contributed by atoms with van der Waals surface area (Å²) in [5.41, 5.74) is 0.473. The number of hydrogen-bond acceptors (Lipinski definition) is 5. The van der Waals surface area contributed by atoms with E-state index in [1.54, 1.807) is 18.2 Å². The number of nitrogens with zero attached hydrogens (tertiary/aromatic N) is 2. The van der Waals surface area contributed by atoms with E-state index in [0.717, 1.165) is 12.8 Å². The van der Waals surface area contributed by atoms with Gasteiger partial charge in [-0.3, -0.25) is 9.36 Å². The number of oxazole rings is 1. The lowest BCUT2D eigenvalue weighted by Gasteiger charge is -2.26. The third kappa shape index (κ3) is 4.78. The van der Waals surface area contributed by atoms with Crippen molar-refractivity contribution in [2.24, 2.45) is 0 Å². The smallest absolute Gasteiger partial charge is 0.408 e. The standard InChI is InChI=1S/C24H28FN3O5S/c1-24(2,18-7-3-4-8-19(18)25)16-26-22(29)11-14-28-20-10-9-17(15-21(20)33-23(28)30)34(31,32)27-12-5-6-13-27/h3-4,7-10,15H,5-6,11-14,16H2,1-2H3,(H,26,29). The number of halogens is 1. The highest BCUT2D eigenvalue weighted by Crippen LogP contribution is 2.26. The average molecular weight is 490 g/mol. The number of amides is 1. The molecule has 4 rings (SSSR count). The predicted octanol–water partition coefficient (Wildman–Crippen LogP) is 3.00. The molecular weight excluding hydrogens is 461 g/mol. The normalized spacial score (nSPS) is 15.1. The van der Waals surface area contributed by atoms with Gasteiger partial charge in [-0.15, -0.1) is 0 Å². The summed E-state index contributed by atoms with van der Waals surface area (Å²) < 4.78 is 47.7. The number of carbonyl (C=O) groups is 1. The Bertz CT molecular complexity index is 1370. The van der Waals surface area contributed by atoms with Crippen LogP contribution in [0.15, 0.2) is 56.6 Å². The number of carbonyl (C=O) groups excluding carboxylic acids is 1. The van der Waals surface area contributed by atoms with Crippen LogP contribution >= 0.6 is 0 Å². The number of sulfonamides is 1. The van der Waals surface area contributed by atoms with Crippen LogP contribution in [0.4, 0.5) is 4.39 Å². The molecule has 0 spiro atoms. The molecule has 1 aliphatic rings. The number of aryl methyl sites for hydroxylation is 1. The van der Waals surface area contributed by atoms with Crippen LogP contribution in [0.1, 0.15) is 38.7 Å². The van der Waals surface area contributed by atoms with Crippen LogP contribution in [-0.2, 0) is 26.8 Å². The second kappa shape index (κ2) is 9.34. The Labute approximate surface area is 197 Å². The molecule has 0 bridgehead atoms. The molecule has 1 N–H and O–H groups in total. The molecule has 0 saturated carbocycles. The summed E-state index contributed by atoms with van der Waals surface area (Å²) >= 11 is 0. The number of hydrogen-bond donors (Lipinski definition) is 1. The predicted molar refractivity (Wildman–Crippen MR) is 126 cm³/mol. The molecule has 182 valence electrons. The maximum absolute atomic E-state index is 14.1. The van der Waals surface area contributed by atoms with E-state index in [1.165, 1.54) is 33.1 Å². The van der Waals surface area contributed by atoms with E-state index < -0.39 is 21.2 Å². The highest BCUT2D eigenvalue weighted by Gasteiger charge is 2.28. The summed E-state index contributed by atoms with van der Waals surface area (Å²) in [6.45, 7) is 4.94. The largest absolute Gasteiger partial charge is 0.419 e. The fourth-order valence-electron chi connectivity index (χ4n) is 4.22. The van der Waals surface area contributed by atoms with E-state index in [-0.39, 0.29) is 41.7 Å². The second-order valence-electron chi connectivity index (χ2n) is 9.15. The Morgan fingerprint density at radius 3 is 2.56 bits per heavy atom. The second-order valence-corrected chi connectivity index (χ2v) is 11.1. The van der Waals surface area contributed by atoms with Crippen LogP contribution < -0.4 is 11.1 Å². The van der Waals surface area contributed by atoms with Gasteiger partial charge in [0.25, 0.3) is 0 Å². The molecular formula is C24H28FN3O5S. The Morgan fingerprint density at radius 2 is 1.85 bits per heavy atom. The molecule has 2 aromatic carbocycles. The number of rotatable bonds is 8. The van der Waals surface area contributed by atoms with Gasteiger partial charge in [-0.1, -0.05) is 32.0 Å². The topological polar surface area (TPSA) is 102 Å². The van der Waals surface area contributed by atoms with Crippen LogP contribution in [0.25, 0.3) is 11.1 Å². The molecule has 0 aliphatic carbocycles. The molecule has 2 heterocycles. The lowest BCUT2D eigenvalue weighted by molar-refractivity contribution is -0.121. The minimum absolute atomic E-state index is 0.00964. The third-order valence-electron chi connectivity index (χ3n) is 6.24. The molecule has 1 amide bonds. The molecule has 3 aromatic rings. The summed E-state index contributed by atoms with van der Waals surface area (Å²) in [5, 5.41) is 2.80. The number of benzene rings is 2. The molecule has 0 atom stereocenters. The Morgan fingerprint density at radius 1 is 1.15 bits per heavy atom. The van der Waals surface area contributed by atoms with Gasteiger partial charge in [0.15, 0.2) is 5.58 Å². The zero-order valence-electron chi connectivity index (χ0n) is 19.2. The first-order valence-electron chi connectivity index (χ1n) is 11.2. The molecule has 1 fully saturated rings. The molecule has 1 saturated heterocycles. The maximum atomic E-state index is 14.1. The lowest BCUT2D eigenvalue weighted by Crippen LogP contribution is -2.37. The minimum atomic E-state index is -3.64. The van der Waals surface area contributed by atoms with Gasteiger partial charge in [0.05, 0.1) is 10.4 Å². The van der Waals surface area contributed by atoms with Crippen molar-refractivity contribution in [3.05, 3.63) is 64.4 Å². The van der Waals surface area contributed by atoms with Crippen molar-refractivity contribution in [2.45, 2.75) is 50.0 Å². The van der Waals surface area contributed by atoms with Gasteiger partial charge in [0.1, 0.15) is 5.82 Å². The lowest BCUT2D eigenvalue weighted by atomic mass is 9.84. The van der Waals surface area contributed by atoms with Crippen LogP contribution in [0, 0.1) is 5.82 Å². The highest BCUT2D eigenvalue weighted by atomic mass is 32.2. The average Bonchev–Trinajstić information content (AvgIpc) is 3.44. The SMILES string of the molecule is CC(C)(CNC(=O)CCn1c(=O)oc2cc(S(=O)(=O)N3CCCC3)ccc21)c1ccccc1F. The Kier molecular flexibility index (Phi) is 6.64. The zero-order chi connectivity index (χ0) is 24.5. The number of fused-ring (bicyclic) bond motifs is 1. The van der Waals surface area contributed by atoms with Gasteiger partial charge in [-0.05, 0) is 36.6 Å². The van der Waals surface area contributed by atoms with Crippen molar-refractivity contribution in [1.82, 2.24) is 14.2 Å². The Hall–Kier alpha value is -2.98. The van der Waals surface area contributed by atoms with Crippen molar-refractivity contribution in [3.63, 3.8) is 0 Å². The molecule has 8 nitrogen and oxygen atoms in total. The summed E-state index contributed by atoms with van der Waals surface area (Å²) in [7, 11) is -3.64. The van der Waals surface area contributed by atoms with Crippen molar-refractivity contribution in [1.29, 1.82) is 0 Å². The van der Waals surface area contributed by atoms with Gasteiger partial charge in [-0.2, -0.15) is 4.31 Å². The summed E-state index contributed by atoms with van der Waals surface area (Å²) in [5.74, 6) is -1.28. The molecule has 0 radical (unpaired) electrons. The van der Waals surface area contributed by atoms with Crippen LogP contribution in [0.2, 0.25) is 0 Å². The summed E-state index contributed by atoms with van der Waals surface area (Å²) in [4.78, 5) is 24.9. The van der Waals surface area contributed by atoms with E-state index in [9.17, 15) is 22.4 Å². The van der Waals surface area contributed by atoms with E-state index in [4.69, 9.17) is 4.42 Å². The van der Waals surface area contributed by atoms with Gasteiger partial charge >= 0.3 is 5.76 Å². The van der Waals surface area contributed by atoms with Crippen molar-refractivity contribution in [3.8, 4) is 0 Å². The maximum Gasteiger partial charge on any atom is 0.419 e. The summed E-state index contributed by atoms with van der Waals surface area (Å²) in [6.07, 6.45) is 1.66. The van der Waals surface area contributed by atoms with Crippen molar-refractivity contribution in [2.75, 3.05) is 19.6 Å². The monoisotopic (exact) mass is 489 g/mol. The van der Waals surface area contributed by atoms with E-state index in [1.807, 2.05) is 13.8 Å². The van der Waals surface area contributed by atoms with Crippen LogP contribution in [-0.4, -0.2) is 42.8 Å². The zero-order valence-corrected chi connectivity index (χ0v) is 20.0. The number of nitrogens with one attached hydrogen (secondary N) is 1. The van der Waals surface area contributed by atoms with E-state index >= 15 is 0 Å². The fourth-order valence-corrected chi connectivity index (χ4v) is 5.76. The molecule has 34 heavy (non-hydrogen) atoms. The molecule has 10 heteroatoms. The van der Waals surface area contributed by atoms with Gasteiger partial charge in [0.2, 0.25) is 15.9 Å². The van der Waals surface area contributed by atoms with E-state index in [2.05, 4.69) is 5.32 Å². The van der Waals surface area contributed by atoms with Crippen molar-refractivity contribution < 1.29 is 22.0 Å². The number of aromatic nitrogens is 1. The first-order chi connectivity index (χ1) is 16.1. The fraction of sp³-hybridized carbons (Fsp3) is 0.417. The third-order valence-corrected chi connectivity index (χ3v) is 8.13. The highest BCUT2D eigenvalue weighted by molar-refractivity contribution is 7.89. The van der Waals surface area contributed by atoms with Gasteiger partial charge < -0.3 is 9.73 Å². The Balaban J connectivity index is 1.43. The van der Waals surface area contributed by atoms with Gasteiger partial charge in [-0.25, -0.2) is 17.6 Å². The molecule has 0 unspecified atom stereocenters. The van der Waals surface area contributed by atoms with Crippen molar-refractivity contribution >= 4 is 27.0 Å². The van der Waals surface area contributed by atoms with Crippen LogP contribution in [0.3, 0.4) is 0 Å². The molecule has 1 aromatic heterocycles. The van der Waals surface area contributed by atoms with Crippen LogP contribution in [0.5, 0.6) is 0 Å². The summed E-state index contributed by atoms with van der Waals surface area (Å²) in [6, 6.07) is 10.8. The quantitative estimate of drug-likeness (QED) is 0.524. The molecule has 1 aliphatic heterocycles. The first-order valence-corrected chi connectivity index (χ1v) is 12.7. The van der Waals surface area contributed by atoms with Gasteiger partial charge in [0, 0.05) is 44.1 Å². The van der Waals surface area contributed by atoms with E-state index in [0.29, 0.717) is 24.2 Å².